The second-order valence-electron chi connectivity index (χ2n) is 1.87. The van der Waals surface area contributed by atoms with E-state index < -0.39 is 0 Å². The molecule has 0 aromatic heterocycles. The standard InChI is InChI=1S/C6H11NO.Pb.2H/c1-4-6(8)7-5(2)3;;;/h4-5H,1H2,2-3H3,(H,7,8);;;. The molecule has 0 unspecified atom stereocenters. The van der Waals surface area contributed by atoms with Crippen molar-refractivity contribution < 1.29 is 4.79 Å². The molecule has 0 aliphatic carbocycles. The third-order valence-corrected chi connectivity index (χ3v) is 0.616. The Morgan fingerprint density at radius 2 is 2.11 bits per heavy atom. The second-order valence-corrected chi connectivity index (χ2v) is 1.87. The van der Waals surface area contributed by atoms with Gasteiger partial charge < -0.3 is 5.32 Å². The summed E-state index contributed by atoms with van der Waals surface area (Å²) in [5.74, 6) is -0.111. The molecule has 0 aromatic rings. The summed E-state index contributed by atoms with van der Waals surface area (Å²) in [5.41, 5.74) is 0. The van der Waals surface area contributed by atoms with Crippen LogP contribution in [0.5, 0.6) is 0 Å². The molecule has 2 radical (unpaired) electrons. The molecule has 0 aliphatic heterocycles. The molecule has 0 heterocycles. The van der Waals surface area contributed by atoms with Crippen molar-refractivity contribution in [2.45, 2.75) is 19.9 Å². The van der Waals surface area contributed by atoms with Crippen LogP contribution in [-0.4, -0.2) is 39.2 Å². The van der Waals surface area contributed by atoms with Gasteiger partial charge in [0.2, 0.25) is 5.91 Å². The van der Waals surface area contributed by atoms with Crippen LogP contribution in [-0.2, 0) is 4.79 Å². The van der Waals surface area contributed by atoms with Crippen molar-refractivity contribution in [1.82, 2.24) is 5.32 Å². The maximum atomic E-state index is 10.4. The molecule has 0 spiro atoms. The Morgan fingerprint density at radius 3 is 2.22 bits per heavy atom. The molecule has 0 bridgehead atoms. The van der Waals surface area contributed by atoms with Gasteiger partial charge in [-0.3, -0.25) is 4.79 Å². The van der Waals surface area contributed by atoms with Gasteiger partial charge in [-0.05, 0) is 19.9 Å². The Labute approximate surface area is 75.9 Å². The van der Waals surface area contributed by atoms with Gasteiger partial charge in [0.1, 0.15) is 0 Å². The number of hydrogen-bond acceptors (Lipinski definition) is 1. The zero-order chi connectivity index (χ0) is 6.57. The van der Waals surface area contributed by atoms with Crippen molar-refractivity contribution in [2.75, 3.05) is 0 Å². The third kappa shape index (κ3) is 8.13. The topological polar surface area (TPSA) is 29.1 Å². The minimum atomic E-state index is -0.111. The van der Waals surface area contributed by atoms with E-state index in [-0.39, 0.29) is 39.2 Å². The molecule has 0 saturated heterocycles. The monoisotopic (exact) mass is 323 g/mol. The SMILES string of the molecule is C=CC(=O)NC(C)C.[PbH2]. The van der Waals surface area contributed by atoms with Crippen LogP contribution in [0.4, 0.5) is 0 Å². The summed E-state index contributed by atoms with van der Waals surface area (Å²) in [4.78, 5) is 10.4. The van der Waals surface area contributed by atoms with Gasteiger partial charge in [0.05, 0.1) is 0 Å². The molecule has 1 N–H and O–H groups in total. The Bertz CT molecular complexity index is 101. The van der Waals surface area contributed by atoms with Crippen molar-refractivity contribution in [2.24, 2.45) is 0 Å². The molecule has 9 heavy (non-hydrogen) atoms. The maximum absolute atomic E-state index is 10.4. The van der Waals surface area contributed by atoms with Gasteiger partial charge in [-0.1, -0.05) is 6.58 Å². The summed E-state index contributed by atoms with van der Waals surface area (Å²) < 4.78 is 0. The van der Waals surface area contributed by atoms with Crippen LogP contribution < -0.4 is 5.32 Å². The Balaban J connectivity index is 0. The predicted octanol–water partition coefficient (Wildman–Crippen LogP) is -0.219. The summed E-state index contributed by atoms with van der Waals surface area (Å²) in [6, 6.07) is 0.209. The molecule has 0 atom stereocenters. The molecule has 0 aliphatic rings. The van der Waals surface area contributed by atoms with E-state index in [4.69, 9.17) is 0 Å². The third-order valence-electron chi connectivity index (χ3n) is 0.616. The fourth-order valence-electron chi connectivity index (χ4n) is 0.343. The summed E-state index contributed by atoms with van der Waals surface area (Å²) in [5, 5.41) is 2.64. The van der Waals surface area contributed by atoms with Gasteiger partial charge >= 0.3 is 27.3 Å². The van der Waals surface area contributed by atoms with Crippen molar-refractivity contribution in [3.63, 3.8) is 0 Å². The van der Waals surface area contributed by atoms with Crippen molar-refractivity contribution in [1.29, 1.82) is 0 Å². The fourth-order valence-corrected chi connectivity index (χ4v) is 0.343. The quantitative estimate of drug-likeness (QED) is 0.553. The fraction of sp³-hybridized carbons (Fsp3) is 0.500. The van der Waals surface area contributed by atoms with Crippen molar-refractivity contribution in [3.05, 3.63) is 12.7 Å². The van der Waals surface area contributed by atoms with Crippen LogP contribution in [0, 0.1) is 0 Å². The number of hydrogen-bond donors (Lipinski definition) is 1. The Hall–Kier alpha value is 0.132. The van der Waals surface area contributed by atoms with Crippen LogP contribution in [0.3, 0.4) is 0 Å². The van der Waals surface area contributed by atoms with E-state index in [0.717, 1.165) is 0 Å². The van der Waals surface area contributed by atoms with Crippen molar-refractivity contribution in [3.8, 4) is 0 Å². The number of rotatable bonds is 2. The van der Waals surface area contributed by atoms with Gasteiger partial charge in [-0.2, -0.15) is 0 Å². The van der Waals surface area contributed by atoms with E-state index in [9.17, 15) is 4.79 Å². The number of nitrogens with one attached hydrogen (secondary N) is 1. The van der Waals surface area contributed by atoms with Crippen LogP contribution in [0.2, 0.25) is 0 Å². The van der Waals surface area contributed by atoms with Gasteiger partial charge in [0.25, 0.3) is 0 Å². The number of amides is 1. The van der Waals surface area contributed by atoms with Gasteiger partial charge in [0.15, 0.2) is 0 Å². The second kappa shape index (κ2) is 6.26. The Morgan fingerprint density at radius 1 is 1.67 bits per heavy atom. The zero-order valence-electron chi connectivity index (χ0n) is 5.98. The van der Waals surface area contributed by atoms with Gasteiger partial charge in [0, 0.05) is 6.04 Å². The molecule has 0 saturated carbocycles. The first-order chi connectivity index (χ1) is 3.66. The van der Waals surface area contributed by atoms with E-state index >= 15 is 0 Å². The average Bonchev–Trinajstić information content (AvgIpc) is 1.65. The van der Waals surface area contributed by atoms with E-state index in [0.29, 0.717) is 0 Å². The van der Waals surface area contributed by atoms with Crippen LogP contribution >= 0.6 is 0 Å². The predicted molar refractivity (Wildman–Crippen MR) is 42.0 cm³/mol. The van der Waals surface area contributed by atoms with E-state index in [1.807, 2.05) is 13.8 Å². The van der Waals surface area contributed by atoms with Gasteiger partial charge in [-0.25, -0.2) is 0 Å². The molecule has 52 valence electrons. The molecule has 0 rings (SSSR count). The summed E-state index contributed by atoms with van der Waals surface area (Å²) in [6.45, 7) is 7.11. The van der Waals surface area contributed by atoms with Crippen LogP contribution in [0.1, 0.15) is 13.8 Å². The first-order valence-corrected chi connectivity index (χ1v) is 2.59. The van der Waals surface area contributed by atoms with Gasteiger partial charge in [-0.15, -0.1) is 0 Å². The molecular weight excluding hydrogens is 309 g/mol. The zero-order valence-corrected chi connectivity index (χ0v) is 11.5. The molecule has 1 amide bonds. The molecule has 0 aromatic carbocycles. The normalized spacial score (nSPS) is 7.89. The summed E-state index contributed by atoms with van der Waals surface area (Å²) in [6.07, 6.45) is 1.26. The summed E-state index contributed by atoms with van der Waals surface area (Å²) in [7, 11) is 0. The first-order valence-electron chi connectivity index (χ1n) is 2.59. The van der Waals surface area contributed by atoms with Crippen LogP contribution in [0.25, 0.3) is 0 Å². The summed E-state index contributed by atoms with van der Waals surface area (Å²) >= 11 is 0. The number of carbonyl (C=O) groups excluding carboxylic acids is 1. The molecule has 2 nitrogen and oxygen atoms in total. The Kier molecular flexibility index (Phi) is 8.25. The van der Waals surface area contributed by atoms with E-state index in [1.54, 1.807) is 0 Å². The molecule has 0 fully saturated rings. The van der Waals surface area contributed by atoms with Crippen molar-refractivity contribution >= 4 is 33.2 Å². The minimum absolute atomic E-state index is 0. The average molecular weight is 322 g/mol. The van der Waals surface area contributed by atoms with Crippen LogP contribution in [0.15, 0.2) is 12.7 Å². The van der Waals surface area contributed by atoms with E-state index in [2.05, 4.69) is 11.9 Å². The molecule has 3 heteroatoms. The first kappa shape index (κ1) is 11.9. The number of carbonyl (C=O) groups is 1. The van der Waals surface area contributed by atoms with E-state index in [1.165, 1.54) is 6.08 Å². The molecular formula is C6H13NOPb.